The smallest absolute Gasteiger partial charge is 0.450 e. The molecule has 2 aliphatic heterocycles. The second kappa shape index (κ2) is 5.56. The van der Waals surface area contributed by atoms with Gasteiger partial charge in [-0.3, -0.25) is 4.79 Å². The zero-order chi connectivity index (χ0) is 13.8. The summed E-state index contributed by atoms with van der Waals surface area (Å²) < 4.78 is 17.5. The van der Waals surface area contributed by atoms with E-state index in [4.69, 9.17) is 5.11 Å². The average Bonchev–Trinajstić information content (AvgIpc) is 2.75. The molecule has 0 aliphatic carbocycles. The van der Waals surface area contributed by atoms with Gasteiger partial charge in [-0.15, -0.1) is 0 Å². The lowest BCUT2D eigenvalue weighted by atomic mass is 9.92. The minimum Gasteiger partial charge on any atom is -0.450 e. The molecule has 0 bridgehead atoms. The van der Waals surface area contributed by atoms with Crippen LogP contribution in [0, 0.1) is 5.41 Å². The minimum absolute atomic E-state index is 0.276. The van der Waals surface area contributed by atoms with Crippen LogP contribution in [0.1, 0.15) is 20.3 Å². The predicted molar refractivity (Wildman–Crippen MR) is 54.7 cm³/mol. The van der Waals surface area contributed by atoms with Gasteiger partial charge in [0.15, 0.2) is 0 Å². The summed E-state index contributed by atoms with van der Waals surface area (Å²) in [6.45, 7) is 4.19. The van der Waals surface area contributed by atoms with Gasteiger partial charge in [0.25, 0.3) is 6.29 Å². The van der Waals surface area contributed by atoms with Crippen molar-refractivity contribution in [3.05, 3.63) is 0 Å². The molecule has 18 heavy (non-hydrogen) atoms. The van der Waals surface area contributed by atoms with E-state index in [-0.39, 0.29) is 6.42 Å². The number of cyclic esters (lactones) is 3. The highest BCUT2D eigenvalue weighted by molar-refractivity contribution is 5.78. The Labute approximate surface area is 103 Å². The molecule has 2 saturated heterocycles. The molecule has 1 unspecified atom stereocenters. The Kier molecular flexibility index (Phi) is 4.35. The summed E-state index contributed by atoms with van der Waals surface area (Å²) >= 11 is 0. The quantitative estimate of drug-likeness (QED) is 0.700. The van der Waals surface area contributed by atoms with Gasteiger partial charge in [-0.05, 0) is 13.8 Å². The number of rotatable bonds is 1. The summed E-state index contributed by atoms with van der Waals surface area (Å²) in [6.07, 6.45) is -2.64. The Morgan fingerprint density at radius 3 is 2.17 bits per heavy atom. The fourth-order valence-electron chi connectivity index (χ4n) is 1.29. The van der Waals surface area contributed by atoms with Crippen LogP contribution in [0.5, 0.6) is 0 Å². The Morgan fingerprint density at radius 1 is 1.33 bits per heavy atom. The van der Waals surface area contributed by atoms with Crippen molar-refractivity contribution < 1.29 is 38.4 Å². The highest BCUT2D eigenvalue weighted by atomic mass is 16.8. The number of carboxylic acid groups (broad SMARTS) is 1. The summed E-state index contributed by atoms with van der Waals surface area (Å²) in [6, 6.07) is 0. The number of esters is 1. The maximum atomic E-state index is 11.0. The first-order valence-electron chi connectivity index (χ1n) is 5.21. The van der Waals surface area contributed by atoms with Gasteiger partial charge in [-0.1, -0.05) is 0 Å². The van der Waals surface area contributed by atoms with Crippen LogP contribution in [0.4, 0.5) is 9.59 Å². The zero-order valence-corrected chi connectivity index (χ0v) is 10.0. The maximum absolute atomic E-state index is 11.0. The highest BCUT2D eigenvalue weighted by Gasteiger charge is 2.43. The summed E-state index contributed by atoms with van der Waals surface area (Å²) in [7, 11) is 0. The molecule has 8 heteroatoms. The first-order chi connectivity index (χ1) is 8.31. The topological polar surface area (TPSA) is 108 Å². The Hall–Kier alpha value is -1.99. The second-order valence-electron chi connectivity index (χ2n) is 4.25. The van der Waals surface area contributed by atoms with E-state index in [0.717, 1.165) is 0 Å². The van der Waals surface area contributed by atoms with E-state index < -0.39 is 30.0 Å². The van der Waals surface area contributed by atoms with Crippen molar-refractivity contribution in [2.45, 2.75) is 26.6 Å². The van der Waals surface area contributed by atoms with E-state index in [1.807, 2.05) is 0 Å². The molecule has 2 fully saturated rings. The fourth-order valence-corrected chi connectivity index (χ4v) is 1.29. The van der Waals surface area contributed by atoms with Crippen LogP contribution in [-0.2, 0) is 23.7 Å². The van der Waals surface area contributed by atoms with Crippen LogP contribution >= 0.6 is 0 Å². The lowest BCUT2D eigenvalue weighted by Crippen LogP contribution is -2.17. The lowest BCUT2D eigenvalue weighted by molar-refractivity contribution is -0.159. The molecule has 2 heterocycles. The van der Waals surface area contributed by atoms with E-state index in [0.29, 0.717) is 13.2 Å². The molecule has 0 aromatic rings. The van der Waals surface area contributed by atoms with Gasteiger partial charge in [-0.2, -0.15) is 0 Å². The van der Waals surface area contributed by atoms with E-state index in [2.05, 4.69) is 18.9 Å². The molecule has 0 amide bonds. The second-order valence-corrected chi connectivity index (χ2v) is 4.25. The van der Waals surface area contributed by atoms with Gasteiger partial charge in [0, 0.05) is 6.42 Å². The van der Waals surface area contributed by atoms with Gasteiger partial charge in [0.1, 0.15) is 13.2 Å². The summed E-state index contributed by atoms with van der Waals surface area (Å²) in [5, 5.41) is 8.22. The molecule has 0 aromatic heterocycles. The summed E-state index contributed by atoms with van der Waals surface area (Å²) in [4.78, 5) is 30.9. The molecule has 8 nitrogen and oxygen atoms in total. The van der Waals surface area contributed by atoms with Crippen LogP contribution in [0.15, 0.2) is 0 Å². The van der Waals surface area contributed by atoms with Gasteiger partial charge < -0.3 is 24.1 Å². The molecular weight excluding hydrogens is 248 g/mol. The van der Waals surface area contributed by atoms with Crippen molar-refractivity contribution in [2.24, 2.45) is 5.41 Å². The molecule has 0 radical (unpaired) electrons. The third kappa shape index (κ3) is 4.11. The van der Waals surface area contributed by atoms with Crippen LogP contribution in [0.2, 0.25) is 0 Å². The van der Waals surface area contributed by atoms with Crippen molar-refractivity contribution in [1.82, 2.24) is 0 Å². The maximum Gasteiger partial charge on any atom is 0.508 e. The largest absolute Gasteiger partial charge is 0.508 e. The first kappa shape index (κ1) is 14.1. The summed E-state index contributed by atoms with van der Waals surface area (Å²) in [5.41, 5.74) is -0.639. The van der Waals surface area contributed by atoms with Gasteiger partial charge >= 0.3 is 18.3 Å². The Balaban J connectivity index is 0.000000225. The van der Waals surface area contributed by atoms with E-state index >= 15 is 0 Å². The van der Waals surface area contributed by atoms with Crippen LogP contribution in [0.25, 0.3) is 0 Å². The number of ether oxygens (including phenoxy) is 4. The third-order valence-electron chi connectivity index (χ3n) is 2.22. The van der Waals surface area contributed by atoms with E-state index in [1.54, 1.807) is 13.8 Å². The fraction of sp³-hybridized carbons (Fsp3) is 0.700. The molecular formula is C10H14O8. The van der Waals surface area contributed by atoms with Crippen molar-refractivity contribution in [1.29, 1.82) is 0 Å². The van der Waals surface area contributed by atoms with Crippen molar-refractivity contribution in [3.8, 4) is 0 Å². The zero-order valence-electron chi connectivity index (χ0n) is 10.0. The molecule has 2 aliphatic rings. The predicted octanol–water partition coefficient (Wildman–Crippen LogP) is 1.13. The molecule has 1 N–H and O–H groups in total. The molecule has 0 spiro atoms. The van der Waals surface area contributed by atoms with Gasteiger partial charge in [0.2, 0.25) is 0 Å². The van der Waals surface area contributed by atoms with Crippen molar-refractivity contribution in [3.63, 3.8) is 0 Å². The number of carbonyl (C=O) groups excluding carboxylic acids is 2. The molecule has 1 atom stereocenters. The third-order valence-corrected chi connectivity index (χ3v) is 2.22. The minimum atomic E-state index is -1.43. The molecule has 2 rings (SSSR count). The van der Waals surface area contributed by atoms with Crippen LogP contribution in [-0.4, -0.2) is 42.9 Å². The van der Waals surface area contributed by atoms with Crippen LogP contribution in [0.3, 0.4) is 0 Å². The van der Waals surface area contributed by atoms with Crippen molar-refractivity contribution in [2.75, 3.05) is 13.2 Å². The lowest BCUT2D eigenvalue weighted by Gasteiger charge is -2.08. The van der Waals surface area contributed by atoms with Gasteiger partial charge in [-0.25, -0.2) is 9.59 Å². The van der Waals surface area contributed by atoms with Gasteiger partial charge in [0.05, 0.1) is 5.41 Å². The summed E-state index contributed by atoms with van der Waals surface area (Å²) in [5.74, 6) is -0.422. The number of carbonyl (C=O) groups is 3. The molecule has 0 saturated carbocycles. The van der Waals surface area contributed by atoms with Crippen LogP contribution < -0.4 is 0 Å². The van der Waals surface area contributed by atoms with Crippen molar-refractivity contribution >= 4 is 18.3 Å². The normalized spacial score (nSPS) is 24.2. The van der Waals surface area contributed by atoms with E-state index in [1.165, 1.54) is 0 Å². The average molecular weight is 262 g/mol. The van der Waals surface area contributed by atoms with E-state index in [9.17, 15) is 14.4 Å². The highest BCUT2D eigenvalue weighted by Crippen LogP contribution is 2.33. The Bertz CT molecular complexity index is 340. The monoisotopic (exact) mass is 262 g/mol. The number of hydrogen-bond donors (Lipinski definition) is 1. The molecule has 102 valence electrons. The SMILES string of the molecule is CC1(C)CC(OC(=O)O)OC1=O.O=C1OCCO1. The standard InChI is InChI=1S/C7H10O5.C3H4O3/c1-7(2)3-4(11-5(7)8)12-6(9)10;4-3-5-1-2-6-3/h4H,3H2,1-2H3,(H,9,10);1-2H2. The first-order valence-corrected chi connectivity index (χ1v) is 5.21. The number of hydrogen-bond acceptors (Lipinski definition) is 7. The molecule has 0 aromatic carbocycles. The Morgan fingerprint density at radius 2 is 1.89 bits per heavy atom.